The molecule has 1 fully saturated rings. The molecule has 2 rings (SSSR count). The molecule has 0 aliphatic heterocycles. The molecule has 100 valence electrons. The van der Waals surface area contributed by atoms with Crippen LogP contribution in [0.15, 0.2) is 30.3 Å². The summed E-state index contributed by atoms with van der Waals surface area (Å²) in [5.74, 6) is 0.811. The lowest BCUT2D eigenvalue weighted by molar-refractivity contribution is 0.464. The minimum atomic E-state index is -3.00. The maximum Gasteiger partial charge on any atom is 0.154 e. The van der Waals surface area contributed by atoms with Crippen molar-refractivity contribution in [3.05, 3.63) is 35.9 Å². The van der Waals surface area contributed by atoms with Crippen LogP contribution in [0.25, 0.3) is 0 Å². The van der Waals surface area contributed by atoms with E-state index in [1.54, 1.807) is 0 Å². The van der Waals surface area contributed by atoms with Gasteiger partial charge >= 0.3 is 0 Å². The molecular weight excluding hydrogens is 246 g/mol. The zero-order valence-corrected chi connectivity index (χ0v) is 11.4. The first kappa shape index (κ1) is 13.6. The van der Waals surface area contributed by atoms with Gasteiger partial charge in [-0.2, -0.15) is 0 Å². The summed E-state index contributed by atoms with van der Waals surface area (Å²) in [6.07, 6.45) is 3.99. The fraction of sp³-hybridized carbons (Fsp3) is 0.571. The molecule has 0 bridgehead atoms. The molecule has 2 unspecified atom stereocenters. The van der Waals surface area contributed by atoms with E-state index in [2.05, 4.69) is 0 Å². The van der Waals surface area contributed by atoms with Crippen molar-refractivity contribution in [3.8, 4) is 0 Å². The van der Waals surface area contributed by atoms with Gasteiger partial charge < -0.3 is 5.73 Å². The van der Waals surface area contributed by atoms with E-state index in [0.717, 1.165) is 31.2 Å². The molecule has 2 N–H and O–H groups in total. The fourth-order valence-corrected chi connectivity index (χ4v) is 4.16. The van der Waals surface area contributed by atoms with Gasteiger partial charge in [0.2, 0.25) is 0 Å². The Bertz CT molecular complexity index is 470. The highest BCUT2D eigenvalue weighted by molar-refractivity contribution is 7.90. The zero-order valence-electron chi connectivity index (χ0n) is 10.6. The van der Waals surface area contributed by atoms with E-state index in [0.29, 0.717) is 5.92 Å². The van der Waals surface area contributed by atoms with E-state index in [1.165, 1.54) is 0 Å². The summed E-state index contributed by atoms with van der Waals surface area (Å²) in [6, 6.07) is 9.57. The van der Waals surface area contributed by atoms with Crippen molar-refractivity contribution in [2.24, 2.45) is 11.7 Å². The maximum absolute atomic E-state index is 12.0. The molecule has 0 heterocycles. The number of nitrogens with two attached hydrogens (primary N) is 1. The summed E-state index contributed by atoms with van der Waals surface area (Å²) in [5, 5.41) is 0. The van der Waals surface area contributed by atoms with E-state index in [1.807, 2.05) is 30.3 Å². The molecule has 1 aliphatic carbocycles. The predicted octanol–water partition coefficient (Wildman–Crippen LogP) is 2.12. The highest BCUT2D eigenvalue weighted by Crippen LogP contribution is 2.27. The second-order valence-corrected chi connectivity index (χ2v) is 7.41. The summed E-state index contributed by atoms with van der Waals surface area (Å²) in [7, 11) is -3.00. The summed E-state index contributed by atoms with van der Waals surface area (Å²) in [4.78, 5) is 0. The SMILES string of the molecule is NC1CCCC1CCS(=O)(=O)Cc1ccccc1. The van der Waals surface area contributed by atoms with Gasteiger partial charge in [-0.05, 0) is 30.7 Å². The van der Waals surface area contributed by atoms with E-state index >= 15 is 0 Å². The highest BCUT2D eigenvalue weighted by Gasteiger charge is 2.25. The van der Waals surface area contributed by atoms with Crippen LogP contribution in [0.3, 0.4) is 0 Å². The predicted molar refractivity (Wildman–Crippen MR) is 73.9 cm³/mol. The van der Waals surface area contributed by atoms with Crippen LogP contribution in [-0.4, -0.2) is 20.2 Å². The minimum Gasteiger partial charge on any atom is -0.327 e. The molecule has 0 aromatic heterocycles. The summed E-state index contributed by atoms with van der Waals surface area (Å²) in [6.45, 7) is 0. The van der Waals surface area contributed by atoms with E-state index in [-0.39, 0.29) is 17.5 Å². The first-order valence-electron chi connectivity index (χ1n) is 6.57. The molecular formula is C14H21NO2S. The summed E-state index contributed by atoms with van der Waals surface area (Å²) >= 11 is 0. The number of rotatable bonds is 5. The van der Waals surface area contributed by atoms with Gasteiger partial charge in [0.25, 0.3) is 0 Å². The van der Waals surface area contributed by atoms with Crippen LogP contribution in [0.4, 0.5) is 0 Å². The van der Waals surface area contributed by atoms with Gasteiger partial charge in [0.15, 0.2) is 9.84 Å². The van der Waals surface area contributed by atoms with Gasteiger partial charge in [0, 0.05) is 6.04 Å². The van der Waals surface area contributed by atoms with E-state index in [4.69, 9.17) is 5.73 Å². The van der Waals surface area contributed by atoms with Crippen molar-refractivity contribution < 1.29 is 8.42 Å². The number of sulfone groups is 1. The summed E-state index contributed by atoms with van der Waals surface area (Å²) in [5.41, 5.74) is 6.83. The van der Waals surface area contributed by atoms with Gasteiger partial charge in [-0.1, -0.05) is 36.8 Å². The standard InChI is InChI=1S/C14H21NO2S/c15-14-8-4-7-13(14)9-10-18(16,17)11-12-5-2-1-3-6-12/h1-3,5-6,13-14H,4,7-11,15H2. The second-order valence-electron chi connectivity index (χ2n) is 5.22. The molecule has 18 heavy (non-hydrogen) atoms. The molecule has 0 saturated heterocycles. The normalized spacial score (nSPS) is 24.3. The van der Waals surface area contributed by atoms with Gasteiger partial charge in [-0.25, -0.2) is 8.42 Å². The zero-order chi connectivity index (χ0) is 13.0. The van der Waals surface area contributed by atoms with E-state index in [9.17, 15) is 8.42 Å². The second kappa shape index (κ2) is 5.85. The van der Waals surface area contributed by atoms with Gasteiger partial charge in [0.05, 0.1) is 11.5 Å². The topological polar surface area (TPSA) is 60.2 Å². The lowest BCUT2D eigenvalue weighted by Crippen LogP contribution is -2.26. The van der Waals surface area contributed by atoms with Crippen LogP contribution in [0, 0.1) is 5.92 Å². The molecule has 1 saturated carbocycles. The number of hydrogen-bond acceptors (Lipinski definition) is 3. The van der Waals surface area contributed by atoms with Crippen molar-refractivity contribution in [2.45, 2.75) is 37.5 Å². The molecule has 3 nitrogen and oxygen atoms in total. The monoisotopic (exact) mass is 267 g/mol. The van der Waals surface area contributed by atoms with Crippen LogP contribution in [-0.2, 0) is 15.6 Å². The van der Waals surface area contributed by atoms with Crippen molar-refractivity contribution in [3.63, 3.8) is 0 Å². The van der Waals surface area contributed by atoms with Crippen LogP contribution in [0.2, 0.25) is 0 Å². The van der Waals surface area contributed by atoms with E-state index < -0.39 is 9.84 Å². The quantitative estimate of drug-likeness (QED) is 0.889. The van der Waals surface area contributed by atoms with Crippen LogP contribution in [0.1, 0.15) is 31.2 Å². The Labute approximate surface area is 109 Å². The van der Waals surface area contributed by atoms with Crippen molar-refractivity contribution in [1.82, 2.24) is 0 Å². The smallest absolute Gasteiger partial charge is 0.154 e. The van der Waals surface area contributed by atoms with Crippen molar-refractivity contribution in [1.29, 1.82) is 0 Å². The van der Waals surface area contributed by atoms with Crippen LogP contribution >= 0.6 is 0 Å². The molecule has 4 heteroatoms. The Hall–Kier alpha value is -0.870. The van der Waals surface area contributed by atoms with Crippen LogP contribution in [0.5, 0.6) is 0 Å². The molecule has 1 aromatic rings. The Morgan fingerprint density at radius 2 is 1.89 bits per heavy atom. The Balaban J connectivity index is 1.88. The molecule has 0 amide bonds. The Kier molecular flexibility index (Phi) is 4.40. The first-order valence-corrected chi connectivity index (χ1v) is 8.39. The molecule has 1 aliphatic rings. The van der Waals surface area contributed by atoms with Crippen molar-refractivity contribution in [2.75, 3.05) is 5.75 Å². The first-order chi connectivity index (χ1) is 8.57. The largest absolute Gasteiger partial charge is 0.327 e. The average Bonchev–Trinajstić information content (AvgIpc) is 2.73. The summed E-state index contributed by atoms with van der Waals surface area (Å²) < 4.78 is 24.0. The van der Waals surface area contributed by atoms with Gasteiger partial charge in [-0.15, -0.1) is 0 Å². The van der Waals surface area contributed by atoms with Crippen LogP contribution < -0.4 is 5.73 Å². The van der Waals surface area contributed by atoms with Crippen molar-refractivity contribution >= 4 is 9.84 Å². The maximum atomic E-state index is 12.0. The molecule has 0 radical (unpaired) electrons. The van der Waals surface area contributed by atoms with Gasteiger partial charge in [0.1, 0.15) is 0 Å². The van der Waals surface area contributed by atoms with Gasteiger partial charge in [-0.3, -0.25) is 0 Å². The average molecular weight is 267 g/mol. The molecule has 0 spiro atoms. The number of benzene rings is 1. The third-order valence-corrected chi connectivity index (χ3v) is 5.38. The Morgan fingerprint density at radius 3 is 2.50 bits per heavy atom. The molecule has 1 aromatic carbocycles. The number of hydrogen-bond donors (Lipinski definition) is 1. The highest BCUT2D eigenvalue weighted by atomic mass is 32.2. The Morgan fingerprint density at radius 1 is 1.17 bits per heavy atom. The lowest BCUT2D eigenvalue weighted by Gasteiger charge is -2.14. The third kappa shape index (κ3) is 3.82. The minimum absolute atomic E-state index is 0.149. The molecule has 2 atom stereocenters. The fourth-order valence-electron chi connectivity index (χ4n) is 2.66. The lowest BCUT2D eigenvalue weighted by atomic mass is 10.0. The third-order valence-electron chi connectivity index (χ3n) is 3.75.